The summed E-state index contributed by atoms with van der Waals surface area (Å²) in [5, 5.41) is 0. The normalized spacial score (nSPS) is 16.8. The van der Waals surface area contributed by atoms with E-state index in [1.165, 1.54) is 22.2 Å². The van der Waals surface area contributed by atoms with Crippen LogP contribution in [0.5, 0.6) is 0 Å². The number of benzene rings is 1. The Balaban J connectivity index is 1.52. The smallest absolute Gasteiger partial charge is 0.230 e. The highest BCUT2D eigenvalue weighted by Gasteiger charge is 2.36. The summed E-state index contributed by atoms with van der Waals surface area (Å²) in [5.74, 6) is 0.614. The molecular weight excluding hydrogens is 284 g/mol. The Morgan fingerprint density at radius 3 is 2.78 bits per heavy atom. The number of hydrogen-bond donors (Lipinski definition) is 0. The van der Waals surface area contributed by atoms with Crippen molar-refractivity contribution < 1.29 is 4.79 Å². The Hall–Kier alpha value is -2.55. The van der Waals surface area contributed by atoms with Crippen molar-refractivity contribution in [3.8, 4) is 11.1 Å². The van der Waals surface area contributed by atoms with Crippen LogP contribution >= 0.6 is 0 Å². The van der Waals surface area contributed by atoms with E-state index < -0.39 is 0 Å². The Labute approximate surface area is 135 Å². The summed E-state index contributed by atoms with van der Waals surface area (Å²) >= 11 is 0. The molecule has 23 heavy (non-hydrogen) atoms. The highest BCUT2D eigenvalue weighted by Crippen LogP contribution is 2.38. The highest BCUT2D eigenvalue weighted by molar-refractivity contribution is 5.98. The lowest BCUT2D eigenvalue weighted by molar-refractivity contribution is -0.119. The summed E-state index contributed by atoms with van der Waals surface area (Å²) in [5.41, 5.74) is 6.08. The Bertz CT molecular complexity index is 887. The van der Waals surface area contributed by atoms with Gasteiger partial charge in [-0.25, -0.2) is 0 Å². The SMILES string of the molecule is O=C(C1CC1)N1CCc2cc(-c3cc4ccccn4c3)ccc21. The molecule has 1 saturated carbocycles. The van der Waals surface area contributed by atoms with Crippen molar-refractivity contribution in [2.45, 2.75) is 19.3 Å². The average Bonchev–Trinajstić information content (AvgIpc) is 3.20. The van der Waals surface area contributed by atoms with Gasteiger partial charge in [0.2, 0.25) is 5.91 Å². The minimum atomic E-state index is 0.289. The van der Waals surface area contributed by atoms with Crippen LogP contribution in [0.15, 0.2) is 54.9 Å². The number of rotatable bonds is 2. The van der Waals surface area contributed by atoms with Crippen LogP contribution in [0.25, 0.3) is 16.6 Å². The minimum Gasteiger partial charge on any atom is -0.323 e. The third kappa shape index (κ3) is 2.07. The van der Waals surface area contributed by atoms with Crippen LogP contribution in [-0.4, -0.2) is 16.9 Å². The van der Waals surface area contributed by atoms with Crippen LogP contribution in [0.1, 0.15) is 18.4 Å². The molecule has 1 aliphatic heterocycles. The van der Waals surface area contributed by atoms with Crippen LogP contribution in [0.3, 0.4) is 0 Å². The zero-order valence-corrected chi connectivity index (χ0v) is 12.9. The first-order valence-corrected chi connectivity index (χ1v) is 8.31. The van der Waals surface area contributed by atoms with Crippen molar-refractivity contribution in [1.82, 2.24) is 4.40 Å². The summed E-state index contributed by atoms with van der Waals surface area (Å²) in [6.07, 6.45) is 7.34. The molecule has 3 aromatic rings. The van der Waals surface area contributed by atoms with E-state index >= 15 is 0 Å². The van der Waals surface area contributed by atoms with Crippen molar-refractivity contribution >= 4 is 17.1 Å². The summed E-state index contributed by atoms with van der Waals surface area (Å²) in [6.45, 7) is 0.839. The molecule has 0 unspecified atom stereocenters. The van der Waals surface area contributed by atoms with Gasteiger partial charge in [-0.05, 0) is 60.7 Å². The monoisotopic (exact) mass is 302 g/mol. The van der Waals surface area contributed by atoms with Crippen LogP contribution in [0.2, 0.25) is 0 Å². The van der Waals surface area contributed by atoms with E-state index in [1.54, 1.807) is 0 Å². The van der Waals surface area contributed by atoms with Gasteiger partial charge in [0.25, 0.3) is 0 Å². The van der Waals surface area contributed by atoms with Gasteiger partial charge in [-0.1, -0.05) is 12.1 Å². The maximum Gasteiger partial charge on any atom is 0.230 e. The fourth-order valence-electron chi connectivity index (χ4n) is 3.57. The Morgan fingerprint density at radius 2 is 1.96 bits per heavy atom. The zero-order chi connectivity index (χ0) is 15.4. The van der Waals surface area contributed by atoms with E-state index in [9.17, 15) is 4.79 Å². The van der Waals surface area contributed by atoms with E-state index in [0.29, 0.717) is 5.91 Å². The molecule has 0 spiro atoms. The molecule has 2 aromatic heterocycles. The van der Waals surface area contributed by atoms with E-state index in [-0.39, 0.29) is 5.92 Å². The van der Waals surface area contributed by atoms with Crippen molar-refractivity contribution in [2.75, 3.05) is 11.4 Å². The standard InChI is InChI=1S/C20H18N2O/c23-20(14-4-5-14)22-10-8-16-11-15(6-7-19(16)22)17-12-18-3-1-2-9-21(18)13-17/h1-3,6-7,9,11-14H,4-5,8,10H2. The summed E-state index contributed by atoms with van der Waals surface area (Å²) in [7, 11) is 0. The maximum atomic E-state index is 12.4. The fraction of sp³-hybridized carbons (Fsp3) is 0.250. The van der Waals surface area contributed by atoms with Crippen molar-refractivity contribution in [1.29, 1.82) is 0 Å². The van der Waals surface area contributed by atoms with Crippen LogP contribution in [0.4, 0.5) is 5.69 Å². The van der Waals surface area contributed by atoms with Gasteiger partial charge in [-0.2, -0.15) is 0 Å². The zero-order valence-electron chi connectivity index (χ0n) is 12.9. The number of fused-ring (bicyclic) bond motifs is 2. The van der Waals surface area contributed by atoms with E-state index in [1.807, 2.05) is 11.0 Å². The molecule has 3 nitrogen and oxygen atoms in total. The van der Waals surface area contributed by atoms with Crippen molar-refractivity contribution in [2.24, 2.45) is 5.92 Å². The molecule has 1 aromatic carbocycles. The number of hydrogen-bond acceptors (Lipinski definition) is 1. The van der Waals surface area contributed by atoms with Crippen molar-refractivity contribution in [3.63, 3.8) is 0 Å². The topological polar surface area (TPSA) is 24.7 Å². The molecule has 1 amide bonds. The molecule has 0 saturated heterocycles. The van der Waals surface area contributed by atoms with Gasteiger partial charge in [0.05, 0.1) is 0 Å². The van der Waals surface area contributed by atoms with Gasteiger partial charge < -0.3 is 9.30 Å². The largest absolute Gasteiger partial charge is 0.323 e. The lowest BCUT2D eigenvalue weighted by atomic mass is 10.0. The number of aromatic nitrogens is 1. The van der Waals surface area contributed by atoms with Gasteiger partial charge in [0, 0.05) is 41.6 Å². The average molecular weight is 302 g/mol. The molecule has 3 heteroatoms. The summed E-state index contributed by atoms with van der Waals surface area (Å²) in [6, 6.07) is 15.0. The van der Waals surface area contributed by atoms with Gasteiger partial charge in [-0.15, -0.1) is 0 Å². The molecule has 114 valence electrons. The predicted octanol–water partition coefficient (Wildman–Crippen LogP) is 3.91. The second kappa shape index (κ2) is 4.72. The number of nitrogens with zero attached hydrogens (tertiary/aromatic N) is 2. The molecule has 1 aliphatic carbocycles. The first kappa shape index (κ1) is 12.9. The number of anilines is 1. The lowest BCUT2D eigenvalue weighted by Gasteiger charge is -2.17. The number of amides is 1. The summed E-state index contributed by atoms with van der Waals surface area (Å²) < 4.78 is 2.14. The van der Waals surface area contributed by atoms with E-state index in [4.69, 9.17) is 0 Å². The molecular formula is C20H18N2O. The van der Waals surface area contributed by atoms with Crippen molar-refractivity contribution in [3.05, 3.63) is 60.4 Å². The number of pyridine rings is 1. The van der Waals surface area contributed by atoms with Crippen LogP contribution in [0, 0.1) is 5.92 Å². The number of carbonyl (C=O) groups excluding carboxylic acids is 1. The third-order valence-corrected chi connectivity index (χ3v) is 5.01. The first-order chi connectivity index (χ1) is 11.3. The van der Waals surface area contributed by atoms with Gasteiger partial charge in [-0.3, -0.25) is 4.79 Å². The second-order valence-corrected chi connectivity index (χ2v) is 6.62. The minimum absolute atomic E-state index is 0.289. The van der Waals surface area contributed by atoms with E-state index in [0.717, 1.165) is 31.5 Å². The molecule has 1 fully saturated rings. The third-order valence-electron chi connectivity index (χ3n) is 5.01. The van der Waals surface area contributed by atoms with Gasteiger partial charge in [0.1, 0.15) is 0 Å². The molecule has 0 bridgehead atoms. The predicted molar refractivity (Wildman–Crippen MR) is 91.6 cm³/mol. The van der Waals surface area contributed by atoms with Crippen LogP contribution < -0.4 is 4.90 Å². The molecule has 0 radical (unpaired) electrons. The Morgan fingerprint density at radius 1 is 1.04 bits per heavy atom. The molecule has 5 rings (SSSR count). The highest BCUT2D eigenvalue weighted by atomic mass is 16.2. The molecule has 3 heterocycles. The van der Waals surface area contributed by atoms with Crippen LogP contribution in [-0.2, 0) is 11.2 Å². The fourth-order valence-corrected chi connectivity index (χ4v) is 3.57. The Kier molecular flexibility index (Phi) is 2.66. The second-order valence-electron chi connectivity index (χ2n) is 6.62. The quantitative estimate of drug-likeness (QED) is 0.704. The first-order valence-electron chi connectivity index (χ1n) is 8.31. The van der Waals surface area contributed by atoms with E-state index in [2.05, 4.69) is 53.2 Å². The maximum absolute atomic E-state index is 12.4. The molecule has 0 N–H and O–H groups in total. The van der Waals surface area contributed by atoms with Gasteiger partial charge in [0.15, 0.2) is 0 Å². The summed E-state index contributed by atoms with van der Waals surface area (Å²) in [4.78, 5) is 14.4. The molecule has 0 atom stereocenters. The lowest BCUT2D eigenvalue weighted by Crippen LogP contribution is -2.30. The number of carbonyl (C=O) groups is 1. The van der Waals surface area contributed by atoms with Gasteiger partial charge >= 0.3 is 0 Å². The molecule has 2 aliphatic rings.